The zero-order chi connectivity index (χ0) is 21.5. The van der Waals surface area contributed by atoms with E-state index in [9.17, 15) is 0 Å². The molecule has 28 heavy (non-hydrogen) atoms. The number of hydrogen-bond donors (Lipinski definition) is 1. The van der Waals surface area contributed by atoms with E-state index in [-0.39, 0.29) is 0 Å². The largest absolute Gasteiger partial charge is 0.302 e. The molecule has 2 aliphatic rings. The van der Waals surface area contributed by atoms with Crippen molar-refractivity contribution in [1.29, 1.82) is 5.39 Å². The van der Waals surface area contributed by atoms with Crippen LogP contribution in [0.5, 0.6) is 0 Å². The van der Waals surface area contributed by atoms with E-state index in [0.29, 0.717) is 0 Å². The van der Waals surface area contributed by atoms with Gasteiger partial charge in [0, 0.05) is 19.9 Å². The SMILES string of the molecule is C1#CCCCCCC1.CC.CC.CN[N+]#N.Cn1nnc2c1CCCCCC2. The van der Waals surface area contributed by atoms with Crippen molar-refractivity contribution in [2.75, 3.05) is 7.05 Å². The van der Waals surface area contributed by atoms with Gasteiger partial charge in [-0.3, -0.25) is 4.68 Å². The van der Waals surface area contributed by atoms with Gasteiger partial charge in [0.15, 0.2) is 0 Å². The molecule has 6 nitrogen and oxygen atoms in total. The highest BCUT2D eigenvalue weighted by molar-refractivity contribution is 5.10. The molecule has 2 aliphatic carbocycles. The quantitative estimate of drug-likeness (QED) is 0.342. The number of aryl methyl sites for hydroxylation is 2. The van der Waals surface area contributed by atoms with Gasteiger partial charge in [-0.25, -0.2) is 0 Å². The van der Waals surface area contributed by atoms with Gasteiger partial charge in [0.05, 0.1) is 18.4 Å². The molecule has 0 aromatic carbocycles. The average molecular weight is 392 g/mol. The molecule has 1 heterocycles. The van der Waals surface area contributed by atoms with Gasteiger partial charge in [0.25, 0.3) is 5.39 Å². The smallest absolute Gasteiger partial charge is 0.252 e. The summed E-state index contributed by atoms with van der Waals surface area (Å²) >= 11 is 0. The fraction of sp³-hybridized carbons (Fsp3) is 0.818. The van der Waals surface area contributed by atoms with Crippen molar-refractivity contribution in [1.82, 2.24) is 20.4 Å². The molecule has 0 saturated carbocycles. The first-order valence-electron chi connectivity index (χ1n) is 11.1. The van der Waals surface area contributed by atoms with Crippen LogP contribution in [0.25, 0.3) is 5.08 Å². The second-order valence-electron chi connectivity index (χ2n) is 6.11. The molecule has 1 N–H and O–H groups in total. The van der Waals surface area contributed by atoms with Crippen LogP contribution in [0.3, 0.4) is 0 Å². The van der Waals surface area contributed by atoms with E-state index in [2.05, 4.69) is 32.7 Å². The fourth-order valence-electron chi connectivity index (χ4n) is 2.82. The first-order chi connectivity index (χ1) is 13.8. The van der Waals surface area contributed by atoms with Crippen LogP contribution < -0.4 is 5.43 Å². The lowest BCUT2D eigenvalue weighted by molar-refractivity contribution is 0.591. The summed E-state index contributed by atoms with van der Waals surface area (Å²) in [6.07, 6.45) is 15.3. The van der Waals surface area contributed by atoms with E-state index in [1.54, 1.807) is 0 Å². The number of hydrogen-bond acceptors (Lipinski definition) is 4. The minimum absolute atomic E-state index is 1.13. The van der Waals surface area contributed by atoms with Crippen molar-refractivity contribution in [3.63, 3.8) is 0 Å². The molecular weight excluding hydrogens is 348 g/mol. The number of rotatable bonds is 0. The number of fused-ring (bicyclic) bond motifs is 1. The molecule has 0 atom stereocenters. The van der Waals surface area contributed by atoms with Crippen LogP contribution in [0.2, 0.25) is 0 Å². The van der Waals surface area contributed by atoms with Crippen LogP contribution in [0.15, 0.2) is 0 Å². The Hall–Kier alpha value is -2.08. The standard InChI is InChI=1S/C9H15N3.C8H12.2C2H6.CH4N3/c1-12-9-7-5-3-2-4-6-8(9)10-11-12;1-2-4-6-8-7-5-3-1;2*1-2;1-3-4-2/h2-7H2,1H3;1-6H2;2*1-2H3;3H,1H3/q;;;;+1. The van der Waals surface area contributed by atoms with E-state index >= 15 is 0 Å². The Balaban J connectivity index is 0. The maximum atomic E-state index is 7.39. The van der Waals surface area contributed by atoms with Gasteiger partial charge in [0.2, 0.25) is 0 Å². The van der Waals surface area contributed by atoms with Gasteiger partial charge >= 0.3 is 5.08 Å². The predicted molar refractivity (Wildman–Crippen MR) is 119 cm³/mol. The van der Waals surface area contributed by atoms with E-state index in [4.69, 9.17) is 5.39 Å². The van der Waals surface area contributed by atoms with Crippen LogP contribution in [0.4, 0.5) is 0 Å². The summed E-state index contributed by atoms with van der Waals surface area (Å²) in [5.41, 5.74) is 4.70. The fourth-order valence-corrected chi connectivity index (χ4v) is 2.82. The monoisotopic (exact) mass is 391 g/mol. The molecule has 0 bridgehead atoms. The number of diazo groups is 1. The van der Waals surface area contributed by atoms with Crippen molar-refractivity contribution < 1.29 is 0 Å². The number of nitrogens with zero attached hydrogens (tertiary/aromatic N) is 5. The topological polar surface area (TPSA) is 70.9 Å². The zero-order valence-corrected chi connectivity index (χ0v) is 19.2. The maximum absolute atomic E-state index is 7.39. The predicted octanol–water partition coefficient (Wildman–Crippen LogP) is 5.84. The summed E-state index contributed by atoms with van der Waals surface area (Å²) in [5.74, 6) is 6.27. The summed E-state index contributed by atoms with van der Waals surface area (Å²) in [4.78, 5) is 0. The van der Waals surface area contributed by atoms with Crippen molar-refractivity contribution in [2.45, 2.75) is 105 Å². The third-order valence-electron chi connectivity index (χ3n) is 4.18. The zero-order valence-electron chi connectivity index (χ0n) is 19.2. The van der Waals surface area contributed by atoms with E-state index in [1.807, 2.05) is 39.4 Å². The molecule has 0 radical (unpaired) electrons. The molecular formula is C22H43N6+. The Bertz CT molecular complexity index is 536. The van der Waals surface area contributed by atoms with E-state index < -0.39 is 0 Å². The highest BCUT2D eigenvalue weighted by atomic mass is 15.4. The Morgan fingerprint density at radius 2 is 1.32 bits per heavy atom. The van der Waals surface area contributed by atoms with Crippen LogP contribution >= 0.6 is 0 Å². The molecule has 6 heteroatoms. The summed E-state index contributed by atoms with van der Waals surface area (Å²) in [7, 11) is 3.51. The lowest BCUT2D eigenvalue weighted by Gasteiger charge is -2.08. The molecule has 0 amide bonds. The lowest BCUT2D eigenvalue weighted by atomic mass is 10.0. The van der Waals surface area contributed by atoms with Crippen LogP contribution in [-0.2, 0) is 19.9 Å². The molecule has 0 saturated heterocycles. The maximum Gasteiger partial charge on any atom is 0.302 e. The minimum Gasteiger partial charge on any atom is -0.252 e. The van der Waals surface area contributed by atoms with Crippen molar-refractivity contribution in [2.24, 2.45) is 7.05 Å². The first kappa shape index (κ1) is 28.1. The first-order valence-corrected chi connectivity index (χ1v) is 11.1. The summed E-state index contributed by atoms with van der Waals surface area (Å²) in [5, 5.41) is 18.1. The number of aromatic nitrogens is 3. The van der Waals surface area contributed by atoms with Crippen LogP contribution in [-0.4, -0.2) is 22.0 Å². The third kappa shape index (κ3) is 15.0. The van der Waals surface area contributed by atoms with Gasteiger partial charge in [-0.05, 0) is 44.0 Å². The van der Waals surface area contributed by atoms with Gasteiger partial charge < -0.3 is 0 Å². The van der Waals surface area contributed by atoms with Crippen LogP contribution in [0, 0.1) is 17.2 Å². The Kier molecular flexibility index (Phi) is 23.1. The Morgan fingerprint density at radius 1 is 0.857 bits per heavy atom. The van der Waals surface area contributed by atoms with E-state index in [0.717, 1.165) is 19.3 Å². The highest BCUT2D eigenvalue weighted by Crippen LogP contribution is 2.16. The molecule has 1 aromatic heterocycles. The average Bonchev–Trinajstić information content (AvgIpc) is 3.03. The van der Waals surface area contributed by atoms with Gasteiger partial charge in [-0.1, -0.05) is 58.6 Å². The Morgan fingerprint density at radius 3 is 1.82 bits per heavy atom. The molecule has 0 unspecified atom stereocenters. The molecule has 0 spiro atoms. The molecule has 1 aromatic rings. The lowest BCUT2D eigenvalue weighted by Crippen LogP contribution is -2.03. The summed E-state index contributed by atoms with van der Waals surface area (Å²) in [6, 6.07) is 0. The summed E-state index contributed by atoms with van der Waals surface area (Å²) < 4.78 is 1.93. The normalized spacial score (nSPS) is 14.5. The van der Waals surface area contributed by atoms with Crippen LogP contribution in [0.1, 0.15) is 103 Å². The molecule has 3 rings (SSSR count). The number of nitrogens with one attached hydrogen (secondary N) is 1. The van der Waals surface area contributed by atoms with Crippen molar-refractivity contribution >= 4 is 0 Å². The Labute approximate surface area is 173 Å². The van der Waals surface area contributed by atoms with Gasteiger partial charge in [0.1, 0.15) is 0 Å². The van der Waals surface area contributed by atoms with Gasteiger partial charge in [-0.2, -0.15) is 0 Å². The molecule has 160 valence electrons. The third-order valence-corrected chi connectivity index (χ3v) is 4.18. The van der Waals surface area contributed by atoms with Crippen molar-refractivity contribution in [3.8, 4) is 11.8 Å². The highest BCUT2D eigenvalue weighted by Gasteiger charge is 2.11. The second-order valence-corrected chi connectivity index (χ2v) is 6.11. The van der Waals surface area contributed by atoms with Crippen molar-refractivity contribution in [3.05, 3.63) is 16.5 Å². The summed E-state index contributed by atoms with van der Waals surface area (Å²) in [6.45, 7) is 8.00. The molecule has 0 aliphatic heterocycles. The molecule has 0 fully saturated rings. The second kappa shape index (κ2) is 23.0. The van der Waals surface area contributed by atoms with Gasteiger partial charge in [-0.15, -0.1) is 16.9 Å². The minimum atomic E-state index is 1.13. The van der Waals surface area contributed by atoms with E-state index in [1.165, 1.54) is 76.2 Å².